The Hall–Kier alpha value is -2.77. The Kier molecular flexibility index (Phi) is 6.52. The van der Waals surface area contributed by atoms with Gasteiger partial charge in [-0.15, -0.1) is 0 Å². The fraction of sp³-hybridized carbons (Fsp3) is 0.552. The largest absolute Gasteiger partial charge is 0.339 e. The highest BCUT2D eigenvalue weighted by Crippen LogP contribution is 2.37. The molecule has 0 unspecified atom stereocenters. The number of aryl methyl sites for hydroxylation is 1. The Balaban J connectivity index is 1.14. The molecule has 190 valence electrons. The Bertz CT molecular complexity index is 1260. The second kappa shape index (κ2) is 9.94. The molecule has 0 spiro atoms. The molecular weight excluding hydrogens is 448 g/mol. The van der Waals surface area contributed by atoms with E-state index >= 15 is 0 Å². The number of nitrogens with zero attached hydrogens (tertiary/aromatic N) is 6. The molecule has 1 atom stereocenters. The van der Waals surface area contributed by atoms with Crippen LogP contribution in [-0.2, 0) is 6.54 Å². The third-order valence-corrected chi connectivity index (χ3v) is 8.40. The van der Waals surface area contributed by atoms with Crippen LogP contribution in [0.25, 0.3) is 11.0 Å². The van der Waals surface area contributed by atoms with Crippen LogP contribution < -0.4 is 10.5 Å². The summed E-state index contributed by atoms with van der Waals surface area (Å²) in [4.78, 5) is 30.5. The maximum Gasteiger partial charge on any atom is 0.264 e. The number of rotatable bonds is 6. The topological polar surface area (TPSA) is 57.5 Å². The zero-order valence-electron chi connectivity index (χ0n) is 21.6. The van der Waals surface area contributed by atoms with E-state index in [-0.39, 0.29) is 5.56 Å². The summed E-state index contributed by atoms with van der Waals surface area (Å²) in [6, 6.07) is 14.1. The van der Waals surface area contributed by atoms with Crippen molar-refractivity contribution in [3.63, 3.8) is 0 Å². The summed E-state index contributed by atoms with van der Waals surface area (Å²) in [5.41, 5.74) is 3.39. The van der Waals surface area contributed by atoms with Gasteiger partial charge < -0.3 is 4.90 Å². The van der Waals surface area contributed by atoms with E-state index in [0.29, 0.717) is 29.2 Å². The molecule has 7 nitrogen and oxygen atoms in total. The van der Waals surface area contributed by atoms with E-state index in [1.807, 2.05) is 16.7 Å². The van der Waals surface area contributed by atoms with Gasteiger partial charge in [-0.2, -0.15) is 4.98 Å². The van der Waals surface area contributed by atoms with Gasteiger partial charge in [-0.1, -0.05) is 36.8 Å². The van der Waals surface area contributed by atoms with Crippen LogP contribution >= 0.6 is 0 Å². The van der Waals surface area contributed by atoms with Crippen molar-refractivity contribution in [2.24, 2.45) is 0 Å². The molecule has 6 rings (SSSR count). The van der Waals surface area contributed by atoms with Crippen molar-refractivity contribution in [1.29, 1.82) is 0 Å². The van der Waals surface area contributed by atoms with Crippen molar-refractivity contribution < 1.29 is 0 Å². The number of likely N-dealkylation sites (tertiary alicyclic amines) is 1. The summed E-state index contributed by atoms with van der Waals surface area (Å²) in [7, 11) is 0. The van der Waals surface area contributed by atoms with E-state index in [0.717, 1.165) is 64.5 Å². The predicted molar refractivity (Wildman–Crippen MR) is 145 cm³/mol. The van der Waals surface area contributed by atoms with Gasteiger partial charge in [0.15, 0.2) is 5.65 Å². The van der Waals surface area contributed by atoms with Gasteiger partial charge in [-0.3, -0.25) is 19.2 Å². The lowest BCUT2D eigenvalue weighted by Gasteiger charge is -2.47. The van der Waals surface area contributed by atoms with Crippen molar-refractivity contribution in [2.45, 2.75) is 70.6 Å². The minimum atomic E-state index is 0.0713. The molecule has 4 heterocycles. The molecule has 0 N–H and O–H groups in total. The molecule has 2 saturated heterocycles. The number of hydrogen-bond acceptors (Lipinski definition) is 6. The molecule has 3 aromatic rings. The summed E-state index contributed by atoms with van der Waals surface area (Å²) in [6.07, 6.45) is 7.44. The molecule has 1 saturated carbocycles. The number of hydrogen-bond donors (Lipinski definition) is 0. The zero-order chi connectivity index (χ0) is 24.6. The van der Waals surface area contributed by atoms with Crippen LogP contribution in [0.3, 0.4) is 0 Å². The van der Waals surface area contributed by atoms with E-state index in [1.54, 1.807) is 6.20 Å². The fourth-order valence-corrected chi connectivity index (χ4v) is 6.16. The van der Waals surface area contributed by atoms with Gasteiger partial charge in [-0.25, -0.2) is 4.98 Å². The molecule has 7 heteroatoms. The molecule has 1 aliphatic carbocycles. The molecular formula is C29H38N6O. The molecule has 0 bridgehead atoms. The van der Waals surface area contributed by atoms with Crippen LogP contribution in [0.2, 0.25) is 0 Å². The lowest BCUT2D eigenvalue weighted by atomic mass is 9.98. The van der Waals surface area contributed by atoms with Gasteiger partial charge in [0, 0.05) is 50.5 Å². The maximum atomic E-state index is 13.4. The molecule has 3 fully saturated rings. The second-order valence-electron chi connectivity index (χ2n) is 10.9. The standard InChI is InChI=1S/C29H38N6O/c1-3-23-20-33(29-31-27-26(5-4-14-30-27)28(36)35(29)25-10-11-25)17-18-34(23)24-12-15-32(16-13-24)19-22-8-6-21(2)7-9-22/h4-9,14,23-25H,3,10-13,15-20H2,1-2H3/t23-/m0/s1. The second-order valence-corrected chi connectivity index (χ2v) is 10.9. The number of piperidine rings is 1. The van der Waals surface area contributed by atoms with E-state index < -0.39 is 0 Å². The predicted octanol–water partition coefficient (Wildman–Crippen LogP) is 4.00. The van der Waals surface area contributed by atoms with E-state index in [4.69, 9.17) is 4.98 Å². The van der Waals surface area contributed by atoms with E-state index in [2.05, 4.69) is 57.8 Å². The van der Waals surface area contributed by atoms with Crippen molar-refractivity contribution in [1.82, 2.24) is 24.3 Å². The van der Waals surface area contributed by atoms with Gasteiger partial charge in [0.05, 0.1) is 5.39 Å². The minimum Gasteiger partial charge on any atom is -0.339 e. The van der Waals surface area contributed by atoms with Crippen molar-refractivity contribution in [2.75, 3.05) is 37.6 Å². The minimum absolute atomic E-state index is 0.0713. The van der Waals surface area contributed by atoms with Crippen LogP contribution in [0, 0.1) is 6.92 Å². The molecule has 1 aromatic carbocycles. The first-order valence-electron chi connectivity index (χ1n) is 13.8. The van der Waals surface area contributed by atoms with Gasteiger partial charge in [0.25, 0.3) is 5.56 Å². The number of aromatic nitrogens is 3. The highest BCUT2D eigenvalue weighted by atomic mass is 16.1. The highest BCUT2D eigenvalue weighted by Gasteiger charge is 2.36. The SMILES string of the molecule is CC[C@H]1CN(c2nc3ncccc3c(=O)n2C2CC2)CCN1C1CCN(Cc2ccc(C)cc2)CC1. The molecule has 36 heavy (non-hydrogen) atoms. The molecule has 0 amide bonds. The number of benzene rings is 1. The van der Waals surface area contributed by atoms with Crippen LogP contribution in [0.5, 0.6) is 0 Å². The monoisotopic (exact) mass is 486 g/mol. The van der Waals surface area contributed by atoms with Crippen molar-refractivity contribution in [3.8, 4) is 0 Å². The zero-order valence-corrected chi connectivity index (χ0v) is 21.6. The van der Waals surface area contributed by atoms with E-state index in [9.17, 15) is 4.79 Å². The van der Waals surface area contributed by atoms with E-state index in [1.165, 1.54) is 24.0 Å². The Morgan fingerprint density at radius 2 is 1.72 bits per heavy atom. The third-order valence-electron chi connectivity index (χ3n) is 8.40. The van der Waals surface area contributed by atoms with Gasteiger partial charge >= 0.3 is 0 Å². The average Bonchev–Trinajstić information content (AvgIpc) is 3.75. The maximum absolute atomic E-state index is 13.4. The quantitative estimate of drug-likeness (QED) is 0.525. The summed E-state index contributed by atoms with van der Waals surface area (Å²) in [5, 5.41) is 0.635. The summed E-state index contributed by atoms with van der Waals surface area (Å²) in [5.74, 6) is 0.833. The average molecular weight is 487 g/mol. The molecule has 3 aliphatic rings. The highest BCUT2D eigenvalue weighted by molar-refractivity contribution is 5.74. The van der Waals surface area contributed by atoms with Crippen LogP contribution in [0.4, 0.5) is 5.95 Å². The first kappa shape index (κ1) is 23.6. The summed E-state index contributed by atoms with van der Waals surface area (Å²) in [6.45, 7) is 10.7. The Morgan fingerprint density at radius 1 is 0.944 bits per heavy atom. The number of fused-ring (bicyclic) bond motifs is 1. The first-order valence-corrected chi connectivity index (χ1v) is 13.8. The number of pyridine rings is 1. The van der Waals surface area contributed by atoms with Gasteiger partial charge in [0.1, 0.15) is 0 Å². The van der Waals surface area contributed by atoms with Gasteiger partial charge in [0.2, 0.25) is 5.95 Å². The number of piperazine rings is 1. The Morgan fingerprint density at radius 3 is 2.44 bits per heavy atom. The van der Waals surface area contributed by atoms with Crippen LogP contribution in [0.15, 0.2) is 47.4 Å². The fourth-order valence-electron chi connectivity index (χ4n) is 6.16. The first-order chi connectivity index (χ1) is 17.6. The van der Waals surface area contributed by atoms with Crippen molar-refractivity contribution >= 4 is 17.0 Å². The smallest absolute Gasteiger partial charge is 0.264 e. The molecule has 2 aromatic heterocycles. The normalized spacial score (nSPS) is 22.4. The van der Waals surface area contributed by atoms with Crippen molar-refractivity contribution in [3.05, 3.63) is 64.1 Å². The third kappa shape index (κ3) is 4.66. The number of anilines is 1. The van der Waals surface area contributed by atoms with Crippen LogP contribution in [0.1, 0.15) is 56.2 Å². The Labute approximate surface area is 213 Å². The lowest BCUT2D eigenvalue weighted by Crippen LogP contribution is -2.59. The lowest BCUT2D eigenvalue weighted by molar-refractivity contribution is 0.0607. The summed E-state index contributed by atoms with van der Waals surface area (Å²) >= 11 is 0. The summed E-state index contributed by atoms with van der Waals surface area (Å²) < 4.78 is 1.97. The molecule has 2 aliphatic heterocycles. The van der Waals surface area contributed by atoms with Crippen LogP contribution in [-0.4, -0.2) is 69.1 Å². The van der Waals surface area contributed by atoms with Gasteiger partial charge in [-0.05, 0) is 69.8 Å². The molecule has 0 radical (unpaired) electrons.